The summed E-state index contributed by atoms with van der Waals surface area (Å²) in [5, 5.41) is 10.6. The molecule has 0 saturated heterocycles. The minimum atomic E-state index is 0.382. The summed E-state index contributed by atoms with van der Waals surface area (Å²) in [7, 11) is 0. The predicted molar refractivity (Wildman–Crippen MR) is 66.5 cm³/mol. The summed E-state index contributed by atoms with van der Waals surface area (Å²) in [6.07, 6.45) is 0. The van der Waals surface area contributed by atoms with Crippen LogP contribution in [0.5, 0.6) is 0 Å². The van der Waals surface area contributed by atoms with Crippen LogP contribution in [0.2, 0.25) is 0 Å². The number of fused-ring (bicyclic) bond motifs is 1. The second kappa shape index (κ2) is 3.96. The first-order valence-electron chi connectivity index (χ1n) is 5.99. The van der Waals surface area contributed by atoms with E-state index in [-0.39, 0.29) is 0 Å². The molecule has 4 nitrogen and oxygen atoms in total. The fraction of sp³-hybridized carbons (Fsp3) is 0.385. The number of aromatic amines is 1. The van der Waals surface area contributed by atoms with Crippen LogP contribution in [0.1, 0.15) is 36.7 Å². The Kier molecular flexibility index (Phi) is 2.44. The molecule has 0 aliphatic carbocycles. The molecule has 0 amide bonds. The van der Waals surface area contributed by atoms with E-state index in [1.165, 1.54) is 11.1 Å². The zero-order chi connectivity index (χ0) is 11.8. The molecule has 2 aromatic rings. The largest absolute Gasteiger partial charge is 0.309 e. The highest BCUT2D eigenvalue weighted by atomic mass is 15.2. The Balaban J connectivity index is 1.97. The van der Waals surface area contributed by atoms with Gasteiger partial charge in [0.05, 0.1) is 0 Å². The van der Waals surface area contributed by atoms with Crippen molar-refractivity contribution in [2.75, 3.05) is 0 Å². The van der Waals surface area contributed by atoms with E-state index in [2.05, 4.69) is 52.5 Å². The third-order valence-electron chi connectivity index (χ3n) is 3.14. The molecule has 1 aliphatic heterocycles. The van der Waals surface area contributed by atoms with Gasteiger partial charge in [-0.15, -0.1) is 0 Å². The maximum Gasteiger partial charge on any atom is 0.181 e. The Morgan fingerprint density at radius 3 is 2.76 bits per heavy atom. The Bertz CT molecular complexity index is 542. The van der Waals surface area contributed by atoms with Crippen LogP contribution in [0.25, 0.3) is 11.4 Å². The number of nitrogens with zero attached hydrogens (tertiary/aromatic N) is 2. The summed E-state index contributed by atoms with van der Waals surface area (Å²) >= 11 is 0. The zero-order valence-corrected chi connectivity index (χ0v) is 10.1. The Morgan fingerprint density at radius 2 is 2.00 bits per heavy atom. The van der Waals surface area contributed by atoms with E-state index in [1.807, 2.05) is 0 Å². The molecule has 0 spiro atoms. The maximum atomic E-state index is 4.52. The van der Waals surface area contributed by atoms with Gasteiger partial charge in [0.2, 0.25) is 0 Å². The number of hydrogen-bond donors (Lipinski definition) is 2. The van der Waals surface area contributed by atoms with E-state index in [9.17, 15) is 0 Å². The van der Waals surface area contributed by atoms with Crippen molar-refractivity contribution < 1.29 is 0 Å². The van der Waals surface area contributed by atoms with E-state index in [0.29, 0.717) is 5.92 Å². The van der Waals surface area contributed by atoms with Crippen molar-refractivity contribution in [3.05, 3.63) is 35.2 Å². The van der Waals surface area contributed by atoms with E-state index in [4.69, 9.17) is 0 Å². The second-order valence-corrected chi connectivity index (χ2v) is 4.79. The van der Waals surface area contributed by atoms with Crippen LogP contribution < -0.4 is 5.32 Å². The first-order chi connectivity index (χ1) is 8.24. The van der Waals surface area contributed by atoms with Crippen LogP contribution >= 0.6 is 0 Å². The van der Waals surface area contributed by atoms with Crippen LogP contribution in [0.4, 0.5) is 0 Å². The summed E-state index contributed by atoms with van der Waals surface area (Å²) in [5.41, 5.74) is 3.84. The number of aromatic nitrogens is 3. The third kappa shape index (κ3) is 1.85. The first-order valence-corrected chi connectivity index (χ1v) is 5.99. The van der Waals surface area contributed by atoms with Gasteiger partial charge in [-0.1, -0.05) is 26.0 Å². The third-order valence-corrected chi connectivity index (χ3v) is 3.14. The lowest BCUT2D eigenvalue weighted by molar-refractivity contribution is 0.765. The Labute approximate surface area is 100 Å². The van der Waals surface area contributed by atoms with Crippen molar-refractivity contribution in [1.82, 2.24) is 20.5 Å². The highest BCUT2D eigenvalue weighted by molar-refractivity contribution is 5.57. The molecule has 0 fully saturated rings. The molecule has 2 N–H and O–H groups in total. The zero-order valence-electron chi connectivity index (χ0n) is 10.1. The highest BCUT2D eigenvalue weighted by Gasteiger charge is 2.13. The van der Waals surface area contributed by atoms with Gasteiger partial charge in [0.25, 0.3) is 0 Å². The predicted octanol–water partition coefficient (Wildman–Crippen LogP) is 2.20. The topological polar surface area (TPSA) is 53.6 Å². The van der Waals surface area contributed by atoms with Crippen LogP contribution in [0.15, 0.2) is 18.2 Å². The number of benzene rings is 1. The average molecular weight is 228 g/mol. The lowest BCUT2D eigenvalue weighted by atomic mass is 10.1. The first kappa shape index (κ1) is 10.5. The standard InChI is InChI=1S/C13H16N4/c1-8(2)12-15-13(17-16-12)9-3-4-10-6-14-7-11(10)5-9/h3-5,8,14H,6-7H2,1-2H3,(H,15,16,17). The molecule has 0 unspecified atom stereocenters. The fourth-order valence-electron chi connectivity index (χ4n) is 2.10. The van der Waals surface area contributed by atoms with Crippen LogP contribution in [-0.2, 0) is 13.1 Å². The lowest BCUT2D eigenvalue weighted by Crippen LogP contribution is -1.99. The summed E-state index contributed by atoms with van der Waals surface area (Å²) in [4.78, 5) is 4.52. The quantitative estimate of drug-likeness (QED) is 0.828. The maximum absolute atomic E-state index is 4.52. The molecule has 88 valence electrons. The summed E-state index contributed by atoms with van der Waals surface area (Å²) in [6.45, 7) is 6.14. The fourth-order valence-corrected chi connectivity index (χ4v) is 2.10. The van der Waals surface area contributed by atoms with E-state index < -0.39 is 0 Å². The van der Waals surface area contributed by atoms with E-state index in [1.54, 1.807) is 0 Å². The Morgan fingerprint density at radius 1 is 1.18 bits per heavy atom. The summed E-state index contributed by atoms with van der Waals surface area (Å²) < 4.78 is 0. The molecule has 1 aromatic carbocycles. The van der Waals surface area contributed by atoms with Gasteiger partial charge in [0.15, 0.2) is 5.82 Å². The Hall–Kier alpha value is -1.68. The van der Waals surface area contributed by atoms with Crippen molar-refractivity contribution in [3.63, 3.8) is 0 Å². The van der Waals surface area contributed by atoms with Gasteiger partial charge >= 0.3 is 0 Å². The summed E-state index contributed by atoms with van der Waals surface area (Å²) in [5.74, 6) is 2.12. The SMILES string of the molecule is CC(C)c1nc(-c2ccc3c(c2)CNC3)n[nH]1. The number of rotatable bonds is 2. The van der Waals surface area contributed by atoms with Gasteiger partial charge < -0.3 is 5.32 Å². The molecule has 0 saturated carbocycles. The lowest BCUT2D eigenvalue weighted by Gasteiger charge is -2.00. The van der Waals surface area contributed by atoms with Gasteiger partial charge in [0.1, 0.15) is 5.82 Å². The summed E-state index contributed by atoms with van der Waals surface area (Å²) in [6, 6.07) is 6.44. The van der Waals surface area contributed by atoms with Gasteiger partial charge in [0, 0.05) is 24.6 Å². The van der Waals surface area contributed by atoms with E-state index >= 15 is 0 Å². The molecule has 0 atom stereocenters. The molecule has 0 radical (unpaired) electrons. The molecule has 17 heavy (non-hydrogen) atoms. The van der Waals surface area contributed by atoms with Crippen LogP contribution in [-0.4, -0.2) is 15.2 Å². The van der Waals surface area contributed by atoms with Gasteiger partial charge in [-0.3, -0.25) is 5.10 Å². The molecule has 2 heterocycles. The molecule has 3 rings (SSSR count). The van der Waals surface area contributed by atoms with E-state index in [0.717, 1.165) is 30.3 Å². The van der Waals surface area contributed by atoms with Gasteiger partial charge in [-0.2, -0.15) is 5.10 Å². The number of hydrogen-bond acceptors (Lipinski definition) is 3. The monoisotopic (exact) mass is 228 g/mol. The van der Waals surface area contributed by atoms with Crippen molar-refractivity contribution in [1.29, 1.82) is 0 Å². The molecule has 1 aliphatic rings. The van der Waals surface area contributed by atoms with Crippen molar-refractivity contribution in [2.45, 2.75) is 32.9 Å². The highest BCUT2D eigenvalue weighted by Crippen LogP contribution is 2.23. The van der Waals surface area contributed by atoms with Crippen molar-refractivity contribution in [2.24, 2.45) is 0 Å². The molecular formula is C13H16N4. The average Bonchev–Trinajstić information content (AvgIpc) is 2.97. The number of H-pyrrole nitrogens is 1. The van der Waals surface area contributed by atoms with Crippen molar-refractivity contribution in [3.8, 4) is 11.4 Å². The number of nitrogens with one attached hydrogen (secondary N) is 2. The molecule has 4 heteroatoms. The van der Waals surface area contributed by atoms with Crippen LogP contribution in [0.3, 0.4) is 0 Å². The normalized spacial score (nSPS) is 14.3. The molecule has 1 aromatic heterocycles. The smallest absolute Gasteiger partial charge is 0.181 e. The molecular weight excluding hydrogens is 212 g/mol. The minimum absolute atomic E-state index is 0.382. The van der Waals surface area contributed by atoms with Gasteiger partial charge in [-0.25, -0.2) is 4.98 Å². The second-order valence-electron chi connectivity index (χ2n) is 4.79. The minimum Gasteiger partial charge on any atom is -0.309 e. The molecule has 0 bridgehead atoms. The van der Waals surface area contributed by atoms with Crippen molar-refractivity contribution >= 4 is 0 Å². The van der Waals surface area contributed by atoms with Gasteiger partial charge in [-0.05, 0) is 17.2 Å². The van der Waals surface area contributed by atoms with Crippen LogP contribution in [0, 0.1) is 0 Å².